The Morgan fingerprint density at radius 2 is 2.14 bits per heavy atom. The largest absolute Gasteiger partial charge is 0.484 e. The van der Waals surface area contributed by atoms with Gasteiger partial charge in [-0.3, -0.25) is 0 Å². The SMILES string of the molecule is CCON=Cc1cccc(OC(c2ccc(C(F)(F)F)nn2)C2CCCNC2)c1. The summed E-state index contributed by atoms with van der Waals surface area (Å²) in [5.74, 6) is 0.637. The van der Waals surface area contributed by atoms with Gasteiger partial charge in [0, 0.05) is 12.5 Å². The lowest BCUT2D eigenvalue weighted by Gasteiger charge is -2.30. The first kappa shape index (κ1) is 21.0. The van der Waals surface area contributed by atoms with Crippen molar-refractivity contribution in [3.05, 3.63) is 53.3 Å². The number of piperidine rings is 1. The number of nitrogens with zero attached hydrogens (tertiary/aromatic N) is 3. The van der Waals surface area contributed by atoms with E-state index in [4.69, 9.17) is 9.57 Å². The van der Waals surface area contributed by atoms with Crippen LogP contribution in [-0.2, 0) is 11.0 Å². The van der Waals surface area contributed by atoms with Gasteiger partial charge in [0.15, 0.2) is 5.69 Å². The van der Waals surface area contributed by atoms with Gasteiger partial charge in [-0.15, -0.1) is 5.10 Å². The number of benzene rings is 1. The van der Waals surface area contributed by atoms with E-state index in [-0.39, 0.29) is 5.92 Å². The van der Waals surface area contributed by atoms with Gasteiger partial charge in [0.2, 0.25) is 0 Å². The molecule has 0 bridgehead atoms. The molecular formula is C20H23F3N4O2. The predicted octanol–water partition coefficient (Wildman–Crippen LogP) is 3.99. The molecule has 1 saturated heterocycles. The van der Waals surface area contributed by atoms with E-state index in [1.54, 1.807) is 18.3 Å². The van der Waals surface area contributed by atoms with Crippen molar-refractivity contribution in [2.24, 2.45) is 11.1 Å². The maximum atomic E-state index is 12.8. The summed E-state index contributed by atoms with van der Waals surface area (Å²) < 4.78 is 44.7. The second-order valence-corrected chi connectivity index (χ2v) is 6.71. The molecule has 2 aromatic rings. The van der Waals surface area contributed by atoms with Crippen molar-refractivity contribution in [1.82, 2.24) is 15.5 Å². The maximum absolute atomic E-state index is 12.8. The van der Waals surface area contributed by atoms with Crippen molar-refractivity contribution >= 4 is 6.21 Å². The number of hydrogen-bond donors (Lipinski definition) is 1. The Kier molecular flexibility index (Phi) is 7.03. The van der Waals surface area contributed by atoms with Crippen LogP contribution in [0.2, 0.25) is 0 Å². The zero-order valence-electron chi connectivity index (χ0n) is 16.0. The normalized spacial score (nSPS) is 18.6. The molecule has 1 aliphatic rings. The summed E-state index contributed by atoms with van der Waals surface area (Å²) in [5.41, 5.74) is 0.144. The third kappa shape index (κ3) is 5.90. The summed E-state index contributed by atoms with van der Waals surface area (Å²) in [7, 11) is 0. The molecule has 1 aliphatic heterocycles. The Morgan fingerprint density at radius 1 is 1.28 bits per heavy atom. The summed E-state index contributed by atoms with van der Waals surface area (Å²) in [6, 6.07) is 9.54. The van der Waals surface area contributed by atoms with E-state index >= 15 is 0 Å². The molecule has 1 N–H and O–H groups in total. The summed E-state index contributed by atoms with van der Waals surface area (Å²) >= 11 is 0. The predicted molar refractivity (Wildman–Crippen MR) is 102 cm³/mol. The van der Waals surface area contributed by atoms with Gasteiger partial charge in [0.05, 0.1) is 6.21 Å². The van der Waals surface area contributed by atoms with Gasteiger partial charge in [0.1, 0.15) is 24.2 Å². The lowest BCUT2D eigenvalue weighted by molar-refractivity contribution is -0.141. The van der Waals surface area contributed by atoms with Gasteiger partial charge in [-0.2, -0.15) is 18.3 Å². The van der Waals surface area contributed by atoms with Crippen molar-refractivity contribution < 1.29 is 22.7 Å². The Bertz CT molecular complexity index is 806. The topological polar surface area (TPSA) is 68.6 Å². The van der Waals surface area contributed by atoms with Crippen LogP contribution >= 0.6 is 0 Å². The van der Waals surface area contributed by atoms with Crippen molar-refractivity contribution in [1.29, 1.82) is 0 Å². The van der Waals surface area contributed by atoms with E-state index in [0.29, 0.717) is 24.6 Å². The molecule has 2 unspecified atom stereocenters. The second-order valence-electron chi connectivity index (χ2n) is 6.71. The monoisotopic (exact) mass is 408 g/mol. The van der Waals surface area contributed by atoms with Gasteiger partial charge in [-0.05, 0) is 56.1 Å². The molecule has 2 atom stereocenters. The Hall–Kier alpha value is -2.68. The third-order valence-corrected chi connectivity index (χ3v) is 4.56. The molecule has 29 heavy (non-hydrogen) atoms. The molecule has 156 valence electrons. The standard InChI is InChI=1S/C20H23F3N4O2/c1-2-28-25-12-14-5-3-7-16(11-14)29-19(15-6-4-10-24-13-15)17-8-9-18(27-26-17)20(21,22)23/h3,5,7-9,11-12,15,19,24H,2,4,6,10,13H2,1H3. The van der Waals surface area contributed by atoms with E-state index in [1.165, 1.54) is 6.07 Å². The molecule has 3 rings (SSSR count). The number of ether oxygens (including phenoxy) is 1. The summed E-state index contributed by atoms with van der Waals surface area (Å²) in [6.07, 6.45) is -1.63. The zero-order chi connectivity index (χ0) is 20.7. The first-order valence-corrected chi connectivity index (χ1v) is 9.51. The maximum Gasteiger partial charge on any atom is 0.435 e. The number of hydrogen-bond acceptors (Lipinski definition) is 6. The number of oxime groups is 1. The Morgan fingerprint density at radius 3 is 2.79 bits per heavy atom. The first-order chi connectivity index (χ1) is 14.0. The first-order valence-electron chi connectivity index (χ1n) is 9.51. The van der Waals surface area contributed by atoms with Crippen LogP contribution in [0.15, 0.2) is 41.6 Å². The second kappa shape index (κ2) is 9.69. The minimum absolute atomic E-state index is 0.0653. The molecule has 1 fully saturated rings. The van der Waals surface area contributed by atoms with Crippen molar-refractivity contribution in [2.75, 3.05) is 19.7 Å². The number of aromatic nitrogens is 2. The molecule has 0 aliphatic carbocycles. The van der Waals surface area contributed by atoms with Crippen LogP contribution in [0.3, 0.4) is 0 Å². The van der Waals surface area contributed by atoms with E-state index < -0.39 is 18.0 Å². The fraction of sp³-hybridized carbons (Fsp3) is 0.450. The van der Waals surface area contributed by atoms with Gasteiger partial charge in [-0.25, -0.2) is 0 Å². The van der Waals surface area contributed by atoms with Crippen LogP contribution in [-0.4, -0.2) is 36.1 Å². The summed E-state index contributed by atoms with van der Waals surface area (Å²) in [4.78, 5) is 4.97. The fourth-order valence-electron chi connectivity index (χ4n) is 3.17. The zero-order valence-corrected chi connectivity index (χ0v) is 16.0. The molecule has 2 heterocycles. The van der Waals surface area contributed by atoms with Crippen molar-refractivity contribution in [3.8, 4) is 5.75 Å². The Balaban J connectivity index is 1.84. The van der Waals surface area contributed by atoms with Gasteiger partial charge in [-0.1, -0.05) is 17.3 Å². The van der Waals surface area contributed by atoms with Crippen LogP contribution in [0.4, 0.5) is 13.2 Å². The van der Waals surface area contributed by atoms with E-state index in [0.717, 1.165) is 31.0 Å². The van der Waals surface area contributed by atoms with Gasteiger partial charge < -0.3 is 14.9 Å². The number of rotatable bonds is 7. The minimum Gasteiger partial charge on any atom is -0.484 e. The lowest BCUT2D eigenvalue weighted by atomic mass is 9.91. The average molecular weight is 408 g/mol. The van der Waals surface area contributed by atoms with Crippen molar-refractivity contribution in [2.45, 2.75) is 32.0 Å². The van der Waals surface area contributed by atoms with E-state index in [1.807, 2.05) is 19.1 Å². The lowest BCUT2D eigenvalue weighted by Crippen LogP contribution is -2.35. The Labute approximate surface area is 167 Å². The molecule has 0 spiro atoms. The highest BCUT2D eigenvalue weighted by Crippen LogP contribution is 2.33. The van der Waals surface area contributed by atoms with Gasteiger partial charge in [0.25, 0.3) is 0 Å². The molecule has 6 nitrogen and oxygen atoms in total. The number of alkyl halides is 3. The van der Waals surface area contributed by atoms with Crippen LogP contribution in [0.5, 0.6) is 5.75 Å². The number of nitrogens with one attached hydrogen (secondary N) is 1. The summed E-state index contributed by atoms with van der Waals surface area (Å²) in [6.45, 7) is 3.91. The molecular weight excluding hydrogens is 385 g/mol. The summed E-state index contributed by atoms with van der Waals surface area (Å²) in [5, 5.41) is 14.3. The van der Waals surface area contributed by atoms with Gasteiger partial charge >= 0.3 is 6.18 Å². The molecule has 0 radical (unpaired) electrons. The molecule has 0 amide bonds. The molecule has 9 heteroatoms. The smallest absolute Gasteiger partial charge is 0.435 e. The van der Waals surface area contributed by atoms with Crippen LogP contribution in [0.1, 0.15) is 42.8 Å². The van der Waals surface area contributed by atoms with Crippen molar-refractivity contribution in [3.63, 3.8) is 0 Å². The third-order valence-electron chi connectivity index (χ3n) is 4.56. The minimum atomic E-state index is -4.53. The quantitative estimate of drug-likeness (QED) is 0.554. The molecule has 1 aromatic carbocycles. The fourth-order valence-corrected chi connectivity index (χ4v) is 3.17. The van der Waals surface area contributed by atoms with E-state index in [2.05, 4.69) is 20.7 Å². The highest BCUT2D eigenvalue weighted by molar-refractivity contribution is 5.79. The average Bonchev–Trinajstić information content (AvgIpc) is 2.73. The number of halogens is 3. The van der Waals surface area contributed by atoms with E-state index in [9.17, 15) is 13.2 Å². The van der Waals surface area contributed by atoms with Crippen LogP contribution < -0.4 is 10.1 Å². The van der Waals surface area contributed by atoms with Crippen LogP contribution in [0.25, 0.3) is 0 Å². The molecule has 1 aromatic heterocycles. The highest BCUT2D eigenvalue weighted by Gasteiger charge is 2.34. The highest BCUT2D eigenvalue weighted by atomic mass is 19.4. The molecule has 0 saturated carbocycles. The van der Waals surface area contributed by atoms with Crippen LogP contribution in [0, 0.1) is 5.92 Å².